The molecule has 0 fully saturated rings. The summed E-state index contributed by atoms with van der Waals surface area (Å²) >= 11 is 0. The van der Waals surface area contributed by atoms with Crippen LogP contribution in [0.2, 0.25) is 0 Å². The molecule has 556 valence electrons. The fourth-order valence-electron chi connectivity index (χ4n) is 12.8. The summed E-state index contributed by atoms with van der Waals surface area (Å²) in [4.78, 5) is 24.8. The van der Waals surface area contributed by atoms with Crippen LogP contribution in [-0.2, 0) is 19.1 Å². The van der Waals surface area contributed by atoms with Crippen LogP contribution in [0.5, 0.6) is 0 Å². The summed E-state index contributed by atoms with van der Waals surface area (Å²) in [6.45, 7) is 4.07. The first kappa shape index (κ1) is 92.6. The number of allylic oxidation sites excluding steroid dienone is 18. The molecule has 0 rings (SSSR count). The summed E-state index contributed by atoms with van der Waals surface area (Å²) in [7, 11) is 0. The van der Waals surface area contributed by atoms with Crippen molar-refractivity contribution < 1.29 is 24.2 Å². The zero-order valence-corrected chi connectivity index (χ0v) is 64.1. The van der Waals surface area contributed by atoms with Gasteiger partial charge in [-0.3, -0.25) is 9.59 Å². The summed E-state index contributed by atoms with van der Waals surface area (Å²) in [6.07, 6.45) is 125. The quantitative estimate of drug-likeness (QED) is 0.0373. The van der Waals surface area contributed by atoms with Gasteiger partial charge in [-0.2, -0.15) is 0 Å². The van der Waals surface area contributed by atoms with E-state index >= 15 is 0 Å². The molecule has 0 aromatic heterocycles. The van der Waals surface area contributed by atoms with Gasteiger partial charge in [-0.05, 0) is 103 Å². The minimum Gasteiger partial charge on any atom is -0.462 e. The van der Waals surface area contributed by atoms with Crippen molar-refractivity contribution in [1.82, 2.24) is 0 Å². The number of esters is 2. The van der Waals surface area contributed by atoms with Crippen LogP contribution in [0.4, 0.5) is 0 Å². The molecule has 0 aromatic carbocycles. The highest BCUT2D eigenvalue weighted by atomic mass is 16.6. The molecule has 0 aliphatic rings. The van der Waals surface area contributed by atoms with Crippen molar-refractivity contribution in [2.45, 2.75) is 444 Å². The van der Waals surface area contributed by atoms with E-state index in [2.05, 4.69) is 123 Å². The van der Waals surface area contributed by atoms with E-state index in [4.69, 9.17) is 9.47 Å². The lowest BCUT2D eigenvalue weighted by atomic mass is 10.0. The monoisotopic (exact) mass is 1340 g/mol. The lowest BCUT2D eigenvalue weighted by Gasteiger charge is -2.15. The smallest absolute Gasteiger partial charge is 0.306 e. The number of hydrogen-bond acceptors (Lipinski definition) is 5. The van der Waals surface area contributed by atoms with Crippen molar-refractivity contribution in [1.29, 1.82) is 0 Å². The Kier molecular flexibility index (Phi) is 82.7. The first-order valence-corrected chi connectivity index (χ1v) is 42.4. The van der Waals surface area contributed by atoms with Gasteiger partial charge in [0.15, 0.2) is 6.10 Å². The second-order valence-electron chi connectivity index (χ2n) is 28.5. The molecule has 0 aromatic rings. The van der Waals surface area contributed by atoms with E-state index < -0.39 is 6.10 Å². The summed E-state index contributed by atoms with van der Waals surface area (Å²) in [5.74, 6) is -0.569. The highest BCUT2D eigenvalue weighted by Gasteiger charge is 2.16. The third kappa shape index (κ3) is 83.0. The molecule has 96 heavy (non-hydrogen) atoms. The summed E-state index contributed by atoms with van der Waals surface area (Å²) in [5, 5.41) is 9.74. The average molecular weight is 1340 g/mol. The third-order valence-corrected chi connectivity index (χ3v) is 19.1. The average Bonchev–Trinajstić information content (AvgIpc) is 3.79. The second kappa shape index (κ2) is 85.8. The van der Waals surface area contributed by atoms with Crippen LogP contribution in [0.3, 0.4) is 0 Å². The fraction of sp³-hybridized carbons (Fsp3) is 0.780. The van der Waals surface area contributed by atoms with Gasteiger partial charge in [0, 0.05) is 12.8 Å². The van der Waals surface area contributed by atoms with E-state index in [0.29, 0.717) is 12.8 Å². The minimum atomic E-state index is -0.775. The molecule has 5 nitrogen and oxygen atoms in total. The molecule has 0 aliphatic heterocycles. The largest absolute Gasteiger partial charge is 0.462 e. The van der Waals surface area contributed by atoms with Gasteiger partial charge in [0.05, 0.1) is 6.61 Å². The molecule has 0 amide bonds. The third-order valence-electron chi connectivity index (χ3n) is 19.1. The second-order valence-corrected chi connectivity index (χ2v) is 28.5. The Morgan fingerprint density at radius 3 is 0.677 bits per heavy atom. The number of aliphatic hydroxyl groups excluding tert-OH is 1. The van der Waals surface area contributed by atoms with Crippen LogP contribution in [0.25, 0.3) is 0 Å². The maximum absolute atomic E-state index is 12.4. The maximum atomic E-state index is 12.4. The minimum absolute atomic E-state index is 0.0625. The molecular formula is C91H162O5. The Hall–Kier alpha value is -3.44. The summed E-state index contributed by atoms with van der Waals surface area (Å²) in [5.41, 5.74) is 0. The van der Waals surface area contributed by atoms with Gasteiger partial charge in [-0.25, -0.2) is 0 Å². The predicted octanol–water partition coefficient (Wildman–Crippen LogP) is 30.2. The fourth-order valence-corrected chi connectivity index (χ4v) is 12.8. The Bertz CT molecular complexity index is 1810. The van der Waals surface area contributed by atoms with Gasteiger partial charge in [-0.1, -0.05) is 431 Å². The molecule has 0 saturated heterocycles. The van der Waals surface area contributed by atoms with Gasteiger partial charge in [-0.15, -0.1) is 0 Å². The topological polar surface area (TPSA) is 72.8 Å². The van der Waals surface area contributed by atoms with Crippen molar-refractivity contribution in [2.24, 2.45) is 0 Å². The van der Waals surface area contributed by atoms with Gasteiger partial charge in [0.2, 0.25) is 0 Å². The molecule has 0 saturated carbocycles. The lowest BCUT2D eigenvalue weighted by Crippen LogP contribution is -2.28. The number of aliphatic hydroxyl groups is 1. The number of ether oxygens (including phenoxy) is 2. The Morgan fingerprint density at radius 1 is 0.250 bits per heavy atom. The van der Waals surface area contributed by atoms with Gasteiger partial charge in [0.25, 0.3) is 0 Å². The molecule has 0 bridgehead atoms. The number of carbonyl (C=O) groups excluding carboxylic acids is 2. The SMILES string of the molecule is CC/C=C\C/C=C\C/C=C\C/C=C\C/C=C\C/C=C\C/C=C\CCCCCCCCCCCCCCCCCCCCCC(=O)OC(CO)COC(=O)CCCCCCCCCCCCCCCCCCCCCCCCCCCCCCC/C=C\C/C=C\CCCCCCC. The molecule has 0 aliphatic carbocycles. The van der Waals surface area contributed by atoms with Crippen LogP contribution >= 0.6 is 0 Å². The molecule has 0 spiro atoms. The number of hydrogen-bond donors (Lipinski definition) is 1. The Balaban J connectivity index is 3.39. The maximum Gasteiger partial charge on any atom is 0.306 e. The van der Waals surface area contributed by atoms with E-state index in [-0.39, 0.29) is 25.2 Å². The van der Waals surface area contributed by atoms with Gasteiger partial charge < -0.3 is 14.6 Å². The first-order valence-electron chi connectivity index (χ1n) is 42.4. The van der Waals surface area contributed by atoms with E-state index in [1.165, 1.54) is 321 Å². The van der Waals surface area contributed by atoms with Gasteiger partial charge >= 0.3 is 11.9 Å². The molecule has 0 heterocycles. The first-order chi connectivity index (χ1) is 47.6. The van der Waals surface area contributed by atoms with E-state index in [9.17, 15) is 14.7 Å². The molecule has 1 atom stereocenters. The van der Waals surface area contributed by atoms with E-state index in [1.54, 1.807) is 0 Å². The number of unbranched alkanes of at least 4 members (excludes halogenated alkanes) is 53. The Labute approximate surface area is 599 Å². The van der Waals surface area contributed by atoms with Crippen molar-refractivity contribution in [3.05, 3.63) is 109 Å². The summed E-state index contributed by atoms with van der Waals surface area (Å²) in [6, 6.07) is 0. The van der Waals surface area contributed by atoms with Crippen molar-refractivity contribution in [2.75, 3.05) is 13.2 Å². The van der Waals surface area contributed by atoms with Crippen LogP contribution in [0, 0.1) is 0 Å². The molecule has 1 N–H and O–H groups in total. The van der Waals surface area contributed by atoms with Gasteiger partial charge in [0.1, 0.15) is 6.61 Å². The molecule has 0 radical (unpaired) electrons. The van der Waals surface area contributed by atoms with Crippen LogP contribution < -0.4 is 0 Å². The lowest BCUT2D eigenvalue weighted by molar-refractivity contribution is -0.161. The van der Waals surface area contributed by atoms with Crippen molar-refractivity contribution >= 4 is 11.9 Å². The van der Waals surface area contributed by atoms with E-state index in [1.807, 2.05) is 0 Å². The highest BCUT2D eigenvalue weighted by molar-refractivity contribution is 5.70. The highest BCUT2D eigenvalue weighted by Crippen LogP contribution is 2.20. The molecule has 5 heteroatoms. The zero-order chi connectivity index (χ0) is 69.0. The standard InChI is InChI=1S/C91H162O5/c1-3-5-7-9-11-13-15-17-19-21-23-25-27-29-31-33-35-37-39-41-43-45-47-49-51-53-55-57-59-61-63-65-67-69-71-73-75-77-79-81-83-85-90(93)95-88-89(87-92)96-91(94)86-84-82-80-78-76-74-72-70-68-66-64-62-60-58-56-54-52-50-48-46-44-42-40-38-36-34-32-30-28-26-24-22-20-18-16-14-12-10-8-6-4-2/h6,8,12,14-15,17-18,20-21,23-24,26,30,32,36,38,42,44,89,92H,3-5,7,9-11,13,16,19,22,25,27-29,31,33-35,37,39-41,43,45-88H2,1-2H3/b8-6-,14-12-,17-15-,20-18-,23-21-,26-24-,32-30-,38-36-,44-42-. The van der Waals surface area contributed by atoms with E-state index in [0.717, 1.165) is 89.9 Å². The molecule has 1 unspecified atom stereocenters. The van der Waals surface area contributed by atoms with Crippen molar-refractivity contribution in [3.63, 3.8) is 0 Å². The number of rotatable bonds is 79. The normalized spacial score (nSPS) is 12.7. The molecular weight excluding hydrogens is 1170 g/mol. The predicted molar refractivity (Wildman–Crippen MR) is 426 cm³/mol. The summed E-state index contributed by atoms with van der Waals surface area (Å²) < 4.78 is 10.8. The van der Waals surface area contributed by atoms with Crippen LogP contribution in [0.1, 0.15) is 438 Å². The van der Waals surface area contributed by atoms with Crippen LogP contribution in [0.15, 0.2) is 109 Å². The van der Waals surface area contributed by atoms with Crippen molar-refractivity contribution in [3.8, 4) is 0 Å². The van der Waals surface area contributed by atoms with Crippen LogP contribution in [-0.4, -0.2) is 36.4 Å². The Morgan fingerprint density at radius 2 is 0.448 bits per heavy atom. The zero-order valence-electron chi connectivity index (χ0n) is 64.1. The number of carbonyl (C=O) groups is 2.